The van der Waals surface area contributed by atoms with E-state index in [1.165, 1.54) is 7.11 Å². The highest BCUT2D eigenvalue weighted by Gasteiger charge is 2.32. The Hall–Kier alpha value is -1.13. The van der Waals surface area contributed by atoms with Gasteiger partial charge in [0.05, 0.1) is 18.8 Å². The minimum Gasteiger partial charge on any atom is -0.469 e. The Balaban J connectivity index is 2.43. The molecule has 0 saturated heterocycles. The first kappa shape index (κ1) is 22.9. The van der Waals surface area contributed by atoms with E-state index in [1.54, 1.807) is 0 Å². The highest BCUT2D eigenvalue weighted by molar-refractivity contribution is 5.69. The predicted octanol–water partition coefficient (Wildman–Crippen LogP) is 4.55. The van der Waals surface area contributed by atoms with Crippen LogP contribution in [0.3, 0.4) is 0 Å². The molecule has 0 aliphatic heterocycles. The largest absolute Gasteiger partial charge is 0.469 e. The van der Waals surface area contributed by atoms with Gasteiger partial charge in [-0.3, -0.25) is 4.79 Å². The van der Waals surface area contributed by atoms with Crippen LogP contribution in [0.25, 0.3) is 0 Å². The third kappa shape index (κ3) is 9.00. The van der Waals surface area contributed by atoms with Crippen molar-refractivity contribution in [2.45, 2.75) is 89.8 Å². The summed E-state index contributed by atoms with van der Waals surface area (Å²) in [6, 6.07) is 0. The first-order valence-electron chi connectivity index (χ1n) is 10.2. The van der Waals surface area contributed by atoms with Gasteiger partial charge in [0.25, 0.3) is 0 Å². The van der Waals surface area contributed by atoms with Crippen molar-refractivity contribution in [3.05, 3.63) is 24.3 Å². The van der Waals surface area contributed by atoms with Gasteiger partial charge < -0.3 is 14.9 Å². The van der Waals surface area contributed by atoms with E-state index in [1.807, 2.05) is 13.0 Å². The fourth-order valence-corrected chi connectivity index (χ4v) is 3.63. The summed E-state index contributed by atoms with van der Waals surface area (Å²) in [4.78, 5) is 11.1. The van der Waals surface area contributed by atoms with Crippen molar-refractivity contribution in [1.29, 1.82) is 0 Å². The summed E-state index contributed by atoms with van der Waals surface area (Å²) < 4.78 is 4.63. The monoisotopic (exact) mass is 366 g/mol. The number of aliphatic hydroxyl groups excluding tert-OH is 1. The van der Waals surface area contributed by atoms with Crippen LogP contribution < -0.4 is 0 Å². The second-order valence-corrected chi connectivity index (χ2v) is 7.82. The molecular formula is C22H38O4. The van der Waals surface area contributed by atoms with E-state index in [0.717, 1.165) is 57.8 Å². The highest BCUT2D eigenvalue weighted by atomic mass is 16.5. The van der Waals surface area contributed by atoms with Gasteiger partial charge >= 0.3 is 5.97 Å². The number of hydrogen-bond donors (Lipinski definition) is 2. The molecule has 0 heterocycles. The summed E-state index contributed by atoms with van der Waals surface area (Å²) in [6.45, 7) is 4.04. The maximum absolute atomic E-state index is 11.1. The van der Waals surface area contributed by atoms with E-state index >= 15 is 0 Å². The van der Waals surface area contributed by atoms with E-state index in [0.29, 0.717) is 12.3 Å². The molecule has 0 aromatic heterocycles. The molecule has 1 aliphatic carbocycles. The fourth-order valence-electron chi connectivity index (χ4n) is 3.63. The molecule has 0 bridgehead atoms. The summed E-state index contributed by atoms with van der Waals surface area (Å²) in [5.41, 5.74) is -0.753. The molecule has 150 valence electrons. The third-order valence-corrected chi connectivity index (χ3v) is 5.38. The number of allylic oxidation sites excluding steroid dienone is 3. The minimum absolute atomic E-state index is 0.166. The summed E-state index contributed by atoms with van der Waals surface area (Å²) >= 11 is 0. The zero-order valence-corrected chi connectivity index (χ0v) is 16.8. The fraction of sp³-hybridized carbons (Fsp3) is 0.773. The normalized spacial score (nSPS) is 25.8. The molecule has 0 aromatic carbocycles. The molecule has 1 rings (SSSR count). The molecule has 26 heavy (non-hydrogen) atoms. The van der Waals surface area contributed by atoms with E-state index in [4.69, 9.17) is 0 Å². The molecule has 0 spiro atoms. The van der Waals surface area contributed by atoms with Crippen molar-refractivity contribution in [2.24, 2.45) is 11.8 Å². The third-order valence-electron chi connectivity index (χ3n) is 5.38. The first-order chi connectivity index (χ1) is 12.4. The Kier molecular flexibility index (Phi) is 10.8. The number of carbonyl (C=O) groups excluding carboxylic acids is 1. The number of aliphatic hydroxyl groups is 2. The van der Waals surface area contributed by atoms with E-state index in [9.17, 15) is 15.0 Å². The Labute approximate surface area is 159 Å². The van der Waals surface area contributed by atoms with Gasteiger partial charge in [-0.15, -0.1) is 0 Å². The Bertz CT molecular complexity index is 453. The van der Waals surface area contributed by atoms with Crippen LogP contribution in [-0.4, -0.2) is 35.0 Å². The van der Waals surface area contributed by atoms with Crippen LogP contribution >= 0.6 is 0 Å². The van der Waals surface area contributed by atoms with Crippen molar-refractivity contribution in [3.8, 4) is 0 Å². The molecular weight excluding hydrogens is 328 g/mol. The smallest absolute Gasteiger partial charge is 0.305 e. The van der Waals surface area contributed by atoms with Crippen LogP contribution in [-0.2, 0) is 9.53 Å². The lowest BCUT2D eigenvalue weighted by molar-refractivity contribution is -0.140. The van der Waals surface area contributed by atoms with Gasteiger partial charge in [0.1, 0.15) is 0 Å². The maximum atomic E-state index is 11.1. The number of carbonyl (C=O) groups is 1. The molecule has 3 unspecified atom stereocenters. The number of rotatable bonds is 12. The minimum atomic E-state index is -0.753. The molecule has 1 fully saturated rings. The number of hydrogen-bond acceptors (Lipinski definition) is 4. The number of methoxy groups -OCH3 is 1. The zero-order valence-electron chi connectivity index (χ0n) is 16.8. The van der Waals surface area contributed by atoms with Crippen LogP contribution in [0.15, 0.2) is 24.3 Å². The first-order valence-corrected chi connectivity index (χ1v) is 10.2. The lowest BCUT2D eigenvalue weighted by atomic mass is 9.88. The summed E-state index contributed by atoms with van der Waals surface area (Å²) in [6.07, 6.45) is 16.9. The average Bonchev–Trinajstić information content (AvgIpc) is 2.96. The molecule has 0 aromatic rings. The predicted molar refractivity (Wildman–Crippen MR) is 106 cm³/mol. The van der Waals surface area contributed by atoms with Crippen LogP contribution in [0.4, 0.5) is 0 Å². The summed E-state index contributed by atoms with van der Waals surface area (Å²) in [5, 5.41) is 20.8. The van der Waals surface area contributed by atoms with E-state index in [-0.39, 0.29) is 18.0 Å². The topological polar surface area (TPSA) is 66.8 Å². The van der Waals surface area contributed by atoms with E-state index in [2.05, 4.69) is 29.9 Å². The number of esters is 1. The van der Waals surface area contributed by atoms with Crippen molar-refractivity contribution in [3.63, 3.8) is 0 Å². The summed E-state index contributed by atoms with van der Waals surface area (Å²) in [5.74, 6) is 0.373. The van der Waals surface area contributed by atoms with Crippen molar-refractivity contribution in [1.82, 2.24) is 0 Å². The zero-order chi connectivity index (χ0) is 19.4. The molecule has 4 nitrogen and oxygen atoms in total. The second-order valence-electron chi connectivity index (χ2n) is 7.82. The Morgan fingerprint density at radius 1 is 1.23 bits per heavy atom. The van der Waals surface area contributed by atoms with Gasteiger partial charge in [-0.1, -0.05) is 50.5 Å². The quantitative estimate of drug-likeness (QED) is 0.302. The Morgan fingerprint density at radius 3 is 2.69 bits per heavy atom. The van der Waals surface area contributed by atoms with Crippen LogP contribution in [0, 0.1) is 11.8 Å². The molecule has 0 amide bonds. The van der Waals surface area contributed by atoms with Crippen LogP contribution in [0.2, 0.25) is 0 Å². The molecule has 4 atom stereocenters. The molecule has 2 N–H and O–H groups in total. The second kappa shape index (κ2) is 12.3. The average molecular weight is 367 g/mol. The van der Waals surface area contributed by atoms with Gasteiger partial charge in [-0.2, -0.15) is 0 Å². The van der Waals surface area contributed by atoms with Crippen molar-refractivity contribution < 1.29 is 19.7 Å². The standard InChI is InChI=1S/C22H38O4/c1-4-5-10-16-22(2,25)17-15-18-13-14-20(23)19(18)11-8-6-7-9-12-21(24)26-3/h6,8,15,17-20,23,25H,4-5,7,9-14,16H2,1-3H3/b8-6+,17-15+/t18?,19?,20-,22?/m0/s1. The Morgan fingerprint density at radius 2 is 2.00 bits per heavy atom. The highest BCUT2D eigenvalue weighted by Crippen LogP contribution is 2.36. The van der Waals surface area contributed by atoms with E-state index < -0.39 is 5.60 Å². The molecule has 1 aliphatic rings. The van der Waals surface area contributed by atoms with Gasteiger partial charge in [0.2, 0.25) is 0 Å². The van der Waals surface area contributed by atoms with Crippen LogP contribution in [0.1, 0.15) is 78.1 Å². The number of unbranched alkanes of at least 4 members (excludes halogenated alkanes) is 3. The van der Waals surface area contributed by atoms with Crippen molar-refractivity contribution in [2.75, 3.05) is 7.11 Å². The summed E-state index contributed by atoms with van der Waals surface area (Å²) in [7, 11) is 1.41. The molecule has 4 heteroatoms. The molecule has 1 saturated carbocycles. The van der Waals surface area contributed by atoms with Crippen molar-refractivity contribution >= 4 is 5.97 Å². The number of ether oxygens (including phenoxy) is 1. The van der Waals surface area contributed by atoms with Gasteiger partial charge in [-0.05, 0) is 57.3 Å². The van der Waals surface area contributed by atoms with Gasteiger partial charge in [0, 0.05) is 6.42 Å². The SMILES string of the molecule is CCCCCC(C)(O)/C=C/C1CC[C@H](O)C1C/C=C/CCCC(=O)OC. The van der Waals surface area contributed by atoms with Gasteiger partial charge in [0.15, 0.2) is 0 Å². The van der Waals surface area contributed by atoms with Gasteiger partial charge in [-0.25, -0.2) is 0 Å². The lowest BCUT2D eigenvalue weighted by Crippen LogP contribution is -2.22. The lowest BCUT2D eigenvalue weighted by Gasteiger charge is -2.22. The maximum Gasteiger partial charge on any atom is 0.305 e. The van der Waals surface area contributed by atoms with Crippen LogP contribution in [0.5, 0.6) is 0 Å². The molecule has 0 radical (unpaired) electrons.